The van der Waals surface area contributed by atoms with Gasteiger partial charge in [0.1, 0.15) is 17.6 Å². The van der Waals surface area contributed by atoms with E-state index < -0.39 is 23.3 Å². The van der Waals surface area contributed by atoms with Crippen molar-refractivity contribution in [1.29, 1.82) is 0 Å². The number of ether oxygens (including phenoxy) is 1. The minimum Gasteiger partial charge on any atom is -0.462 e. The third-order valence-corrected chi connectivity index (χ3v) is 2.68. The molecule has 20 heavy (non-hydrogen) atoms. The largest absolute Gasteiger partial charge is 0.462 e. The van der Waals surface area contributed by atoms with Crippen LogP contribution in [0.2, 0.25) is 0 Å². The molecular formula is C13H18N2O5. The van der Waals surface area contributed by atoms with E-state index in [1.807, 2.05) is 6.92 Å². The lowest BCUT2D eigenvalue weighted by atomic mass is 10.1. The first-order valence-electron chi connectivity index (χ1n) is 6.24. The molecule has 4 N–H and O–H groups in total. The second-order valence-electron chi connectivity index (χ2n) is 4.35. The summed E-state index contributed by atoms with van der Waals surface area (Å²) in [6.45, 7) is 3.36. The Labute approximate surface area is 115 Å². The fourth-order valence-electron chi connectivity index (χ4n) is 1.55. The van der Waals surface area contributed by atoms with E-state index in [9.17, 15) is 14.4 Å². The van der Waals surface area contributed by atoms with Gasteiger partial charge in [-0.1, -0.05) is 6.92 Å². The molecule has 0 aliphatic heterocycles. The molecule has 1 aromatic heterocycles. The Kier molecular flexibility index (Phi) is 5.45. The number of hydrogen-bond acceptors (Lipinski definition) is 6. The molecule has 0 aromatic carbocycles. The van der Waals surface area contributed by atoms with Crippen LogP contribution in [-0.2, 0) is 16.0 Å². The molecule has 1 heterocycles. The van der Waals surface area contributed by atoms with Crippen molar-refractivity contribution >= 4 is 11.9 Å². The van der Waals surface area contributed by atoms with Crippen molar-refractivity contribution in [2.45, 2.75) is 39.2 Å². The van der Waals surface area contributed by atoms with Crippen LogP contribution in [0.25, 0.3) is 0 Å². The highest BCUT2D eigenvalue weighted by molar-refractivity contribution is 5.79. The van der Waals surface area contributed by atoms with Gasteiger partial charge in [0.05, 0.1) is 0 Å². The van der Waals surface area contributed by atoms with Crippen LogP contribution in [0.5, 0.6) is 5.75 Å². The normalized spacial score (nSPS) is 11.9. The molecule has 0 saturated carbocycles. The van der Waals surface area contributed by atoms with E-state index in [0.717, 1.165) is 0 Å². The van der Waals surface area contributed by atoms with E-state index in [0.29, 0.717) is 12.2 Å². The predicted molar refractivity (Wildman–Crippen MR) is 71.1 cm³/mol. The Hall–Kier alpha value is -2.15. The first-order valence-corrected chi connectivity index (χ1v) is 6.24. The summed E-state index contributed by atoms with van der Waals surface area (Å²) in [5, 5.41) is 0. The number of carbonyl (C=O) groups is 2. The third kappa shape index (κ3) is 4.20. The Morgan fingerprint density at radius 1 is 1.45 bits per heavy atom. The highest BCUT2D eigenvalue weighted by Crippen LogP contribution is 2.15. The fourth-order valence-corrected chi connectivity index (χ4v) is 1.55. The van der Waals surface area contributed by atoms with E-state index >= 15 is 0 Å². The molecule has 0 saturated heterocycles. The van der Waals surface area contributed by atoms with Gasteiger partial charge in [-0.05, 0) is 13.3 Å². The molecule has 7 nitrogen and oxygen atoms in total. The second-order valence-corrected chi connectivity index (χ2v) is 4.35. The SMILES string of the molecule is CCc1cc(=O)c(OC(=O)[C@@H](N)CCC(N)=O)c(C)o1. The average Bonchev–Trinajstić information content (AvgIpc) is 2.39. The van der Waals surface area contributed by atoms with Crippen LogP contribution in [0.1, 0.15) is 31.3 Å². The summed E-state index contributed by atoms with van der Waals surface area (Å²) in [5.41, 5.74) is 10.1. The van der Waals surface area contributed by atoms with Gasteiger partial charge < -0.3 is 20.6 Å². The molecule has 1 amide bonds. The zero-order valence-corrected chi connectivity index (χ0v) is 11.5. The van der Waals surface area contributed by atoms with Gasteiger partial charge in [0.2, 0.25) is 17.1 Å². The molecular weight excluding hydrogens is 264 g/mol. The van der Waals surface area contributed by atoms with Crippen molar-refractivity contribution in [2.24, 2.45) is 11.5 Å². The van der Waals surface area contributed by atoms with Gasteiger partial charge in [-0.15, -0.1) is 0 Å². The number of rotatable bonds is 6. The average molecular weight is 282 g/mol. The molecule has 0 aliphatic carbocycles. The second kappa shape index (κ2) is 6.85. The van der Waals surface area contributed by atoms with E-state index in [2.05, 4.69) is 0 Å². The maximum absolute atomic E-state index is 11.8. The fraction of sp³-hybridized carbons (Fsp3) is 0.462. The number of aryl methyl sites for hydroxylation is 2. The molecule has 110 valence electrons. The van der Waals surface area contributed by atoms with Crippen molar-refractivity contribution in [3.05, 3.63) is 27.8 Å². The lowest BCUT2D eigenvalue weighted by molar-refractivity contribution is -0.136. The molecule has 0 spiro atoms. The minimum atomic E-state index is -1.02. The van der Waals surface area contributed by atoms with Crippen LogP contribution in [-0.4, -0.2) is 17.9 Å². The molecule has 0 aliphatic rings. The number of primary amides is 1. The van der Waals surface area contributed by atoms with Gasteiger partial charge in [0, 0.05) is 18.9 Å². The van der Waals surface area contributed by atoms with Crippen molar-refractivity contribution in [1.82, 2.24) is 0 Å². The van der Waals surface area contributed by atoms with Crippen LogP contribution in [0, 0.1) is 6.92 Å². The van der Waals surface area contributed by atoms with Crippen LogP contribution < -0.4 is 21.6 Å². The molecule has 0 unspecified atom stereocenters. The van der Waals surface area contributed by atoms with E-state index in [-0.39, 0.29) is 24.4 Å². The minimum absolute atomic E-state index is 0.0291. The van der Waals surface area contributed by atoms with E-state index in [4.69, 9.17) is 20.6 Å². The summed E-state index contributed by atoms with van der Waals surface area (Å²) in [4.78, 5) is 34.1. The maximum Gasteiger partial charge on any atom is 0.328 e. The first-order chi connectivity index (χ1) is 9.35. The van der Waals surface area contributed by atoms with Gasteiger partial charge in [-0.25, -0.2) is 4.79 Å². The predicted octanol–water partition coefficient (Wildman–Crippen LogP) is 0.00882. The number of nitrogens with two attached hydrogens (primary N) is 2. The summed E-state index contributed by atoms with van der Waals surface area (Å²) in [5.74, 6) is -0.820. The first kappa shape index (κ1) is 15.9. The number of hydrogen-bond donors (Lipinski definition) is 2. The molecule has 0 fully saturated rings. The quantitative estimate of drug-likeness (QED) is 0.708. The summed E-state index contributed by atoms with van der Waals surface area (Å²) in [6.07, 6.45) is 0.590. The lowest BCUT2D eigenvalue weighted by Gasteiger charge is -2.11. The van der Waals surface area contributed by atoms with Gasteiger partial charge >= 0.3 is 5.97 Å². The van der Waals surface area contributed by atoms with E-state index in [1.54, 1.807) is 0 Å². The van der Waals surface area contributed by atoms with Crippen LogP contribution in [0.15, 0.2) is 15.3 Å². The summed E-state index contributed by atoms with van der Waals surface area (Å²) < 4.78 is 10.3. The highest BCUT2D eigenvalue weighted by atomic mass is 16.5. The van der Waals surface area contributed by atoms with Gasteiger partial charge in [-0.3, -0.25) is 9.59 Å². The summed E-state index contributed by atoms with van der Waals surface area (Å²) in [6, 6.07) is 0.247. The molecule has 7 heteroatoms. The Morgan fingerprint density at radius 3 is 2.60 bits per heavy atom. The van der Waals surface area contributed by atoms with Crippen molar-refractivity contribution in [2.75, 3.05) is 0 Å². The lowest BCUT2D eigenvalue weighted by Crippen LogP contribution is -2.36. The third-order valence-electron chi connectivity index (χ3n) is 2.68. The summed E-state index contributed by atoms with van der Waals surface area (Å²) >= 11 is 0. The number of esters is 1. The molecule has 0 bridgehead atoms. The smallest absolute Gasteiger partial charge is 0.328 e. The zero-order valence-electron chi connectivity index (χ0n) is 11.5. The van der Waals surface area contributed by atoms with Gasteiger partial charge in [0.15, 0.2) is 0 Å². The number of amides is 1. The Balaban J connectivity index is 2.80. The van der Waals surface area contributed by atoms with Gasteiger partial charge in [0.25, 0.3) is 0 Å². The zero-order chi connectivity index (χ0) is 15.3. The monoisotopic (exact) mass is 282 g/mol. The van der Waals surface area contributed by atoms with Crippen molar-refractivity contribution in [3.8, 4) is 5.75 Å². The van der Waals surface area contributed by atoms with Crippen molar-refractivity contribution < 1.29 is 18.7 Å². The van der Waals surface area contributed by atoms with Crippen LogP contribution >= 0.6 is 0 Å². The Morgan fingerprint density at radius 2 is 2.10 bits per heavy atom. The molecule has 1 aromatic rings. The topological polar surface area (TPSA) is 126 Å². The molecule has 0 radical (unpaired) electrons. The maximum atomic E-state index is 11.8. The van der Waals surface area contributed by atoms with E-state index in [1.165, 1.54) is 13.0 Å². The Bertz CT molecular complexity index is 564. The highest BCUT2D eigenvalue weighted by Gasteiger charge is 2.20. The molecule has 1 atom stereocenters. The van der Waals surface area contributed by atoms with Crippen LogP contribution in [0.3, 0.4) is 0 Å². The standard InChI is InChI=1S/C13H18N2O5/c1-3-8-6-10(16)12(7(2)19-8)20-13(18)9(14)4-5-11(15)17/h6,9H,3-5,14H2,1-2H3,(H2,15,17)/t9-/m0/s1. The van der Waals surface area contributed by atoms with Crippen molar-refractivity contribution in [3.63, 3.8) is 0 Å². The number of carbonyl (C=O) groups excluding carboxylic acids is 2. The summed E-state index contributed by atoms with van der Waals surface area (Å²) in [7, 11) is 0. The van der Waals surface area contributed by atoms with Gasteiger partial charge in [-0.2, -0.15) is 0 Å². The van der Waals surface area contributed by atoms with Crippen LogP contribution in [0.4, 0.5) is 0 Å². The molecule has 1 rings (SSSR count).